The molecule has 2 aromatic carbocycles. The molecule has 1 aliphatic rings. The smallest absolute Gasteiger partial charge is 0.295 e. The van der Waals surface area contributed by atoms with Gasteiger partial charge in [-0.25, -0.2) is 0 Å². The van der Waals surface area contributed by atoms with Gasteiger partial charge in [0.2, 0.25) is 0 Å². The van der Waals surface area contributed by atoms with Crippen LogP contribution in [0.4, 0.5) is 0 Å². The number of phenolic OH excluding ortho intramolecular Hbond substituents is 1. The second-order valence-corrected chi connectivity index (χ2v) is 8.27. The SMILES string of the molecule is COc1ccc(/C(O)=C2/C(=O)C(=O)N(CCCN(C)C)C2c2ccc(O)c(OC)c2)cc1C. The number of rotatable bonds is 8. The Balaban J connectivity index is 2.15. The van der Waals surface area contributed by atoms with Crippen LogP contribution in [0.5, 0.6) is 17.2 Å². The molecule has 1 amide bonds. The van der Waals surface area contributed by atoms with Crippen molar-refractivity contribution in [1.82, 2.24) is 9.80 Å². The molecule has 0 saturated carbocycles. The van der Waals surface area contributed by atoms with Crippen LogP contribution in [-0.2, 0) is 9.59 Å². The molecule has 1 unspecified atom stereocenters. The average molecular weight is 455 g/mol. The van der Waals surface area contributed by atoms with Crippen LogP contribution in [0.15, 0.2) is 42.0 Å². The van der Waals surface area contributed by atoms with Crippen molar-refractivity contribution in [3.63, 3.8) is 0 Å². The van der Waals surface area contributed by atoms with Crippen LogP contribution < -0.4 is 9.47 Å². The van der Waals surface area contributed by atoms with Crippen LogP contribution in [0, 0.1) is 6.92 Å². The summed E-state index contributed by atoms with van der Waals surface area (Å²) in [5.74, 6) is -0.870. The number of aliphatic hydroxyl groups is 1. The summed E-state index contributed by atoms with van der Waals surface area (Å²) in [6.45, 7) is 2.89. The molecule has 2 N–H and O–H groups in total. The van der Waals surface area contributed by atoms with Gasteiger partial charge in [-0.1, -0.05) is 6.07 Å². The number of Topliss-reactive ketones (excluding diaryl/α,β-unsaturated/α-hetero) is 1. The number of carbonyl (C=O) groups excluding carboxylic acids is 2. The van der Waals surface area contributed by atoms with E-state index in [0.717, 1.165) is 12.1 Å². The zero-order chi connectivity index (χ0) is 24.3. The van der Waals surface area contributed by atoms with E-state index >= 15 is 0 Å². The maximum Gasteiger partial charge on any atom is 0.295 e. The minimum Gasteiger partial charge on any atom is -0.507 e. The molecule has 3 rings (SSSR count). The van der Waals surface area contributed by atoms with Crippen LogP contribution >= 0.6 is 0 Å². The number of likely N-dealkylation sites (tertiary alicyclic amines) is 1. The van der Waals surface area contributed by atoms with Crippen LogP contribution in [0.1, 0.15) is 29.2 Å². The van der Waals surface area contributed by atoms with E-state index in [1.165, 1.54) is 18.1 Å². The number of hydrogen-bond acceptors (Lipinski definition) is 7. The number of carbonyl (C=O) groups is 2. The molecule has 8 nitrogen and oxygen atoms in total. The van der Waals surface area contributed by atoms with Gasteiger partial charge in [-0.2, -0.15) is 0 Å². The second kappa shape index (κ2) is 9.95. The predicted molar refractivity (Wildman–Crippen MR) is 125 cm³/mol. The van der Waals surface area contributed by atoms with E-state index in [1.54, 1.807) is 37.4 Å². The summed E-state index contributed by atoms with van der Waals surface area (Å²) >= 11 is 0. The number of aliphatic hydroxyl groups excluding tert-OH is 1. The van der Waals surface area contributed by atoms with Crippen molar-refractivity contribution in [1.29, 1.82) is 0 Å². The summed E-state index contributed by atoms with van der Waals surface area (Å²) in [5.41, 5.74) is 1.75. The lowest BCUT2D eigenvalue weighted by atomic mass is 9.94. The normalized spacial score (nSPS) is 17.6. The lowest BCUT2D eigenvalue weighted by molar-refractivity contribution is -0.139. The molecule has 0 aromatic heterocycles. The zero-order valence-electron chi connectivity index (χ0n) is 19.6. The molecule has 1 heterocycles. The van der Waals surface area contributed by atoms with Crippen molar-refractivity contribution in [2.24, 2.45) is 0 Å². The van der Waals surface area contributed by atoms with Crippen molar-refractivity contribution in [2.75, 3.05) is 41.4 Å². The van der Waals surface area contributed by atoms with Gasteiger partial charge in [0, 0.05) is 12.1 Å². The number of amides is 1. The molecular formula is C25H30N2O6. The van der Waals surface area contributed by atoms with Crippen molar-refractivity contribution in [3.05, 3.63) is 58.7 Å². The third-order valence-electron chi connectivity index (χ3n) is 5.73. The minimum absolute atomic E-state index is 0.00200. The number of benzene rings is 2. The van der Waals surface area contributed by atoms with Gasteiger partial charge in [0.25, 0.3) is 11.7 Å². The lowest BCUT2D eigenvalue weighted by Gasteiger charge is -2.26. The first kappa shape index (κ1) is 24.1. The molecule has 8 heteroatoms. The van der Waals surface area contributed by atoms with Crippen molar-refractivity contribution in [3.8, 4) is 17.2 Å². The van der Waals surface area contributed by atoms with Crippen molar-refractivity contribution >= 4 is 17.4 Å². The number of aromatic hydroxyl groups is 1. The van der Waals surface area contributed by atoms with Gasteiger partial charge >= 0.3 is 0 Å². The number of ketones is 1. The quantitative estimate of drug-likeness (QED) is 0.359. The molecular weight excluding hydrogens is 424 g/mol. The number of hydrogen-bond donors (Lipinski definition) is 2. The van der Waals surface area contributed by atoms with E-state index < -0.39 is 17.7 Å². The first-order valence-electron chi connectivity index (χ1n) is 10.6. The van der Waals surface area contributed by atoms with E-state index in [4.69, 9.17) is 9.47 Å². The summed E-state index contributed by atoms with van der Waals surface area (Å²) in [5, 5.41) is 21.2. The van der Waals surface area contributed by atoms with Gasteiger partial charge in [-0.05, 0) is 75.4 Å². The Hall–Kier alpha value is -3.52. The fraction of sp³-hybridized carbons (Fsp3) is 0.360. The molecule has 176 valence electrons. The number of ether oxygens (including phenoxy) is 2. The third kappa shape index (κ3) is 4.80. The summed E-state index contributed by atoms with van der Waals surface area (Å²) in [6.07, 6.45) is 0.646. The van der Waals surface area contributed by atoms with E-state index in [-0.39, 0.29) is 22.8 Å². The van der Waals surface area contributed by atoms with Gasteiger partial charge in [0.15, 0.2) is 11.5 Å². The highest BCUT2D eigenvalue weighted by molar-refractivity contribution is 6.46. The summed E-state index contributed by atoms with van der Waals surface area (Å²) in [4.78, 5) is 29.6. The van der Waals surface area contributed by atoms with Gasteiger partial charge in [0.1, 0.15) is 11.5 Å². The van der Waals surface area contributed by atoms with Gasteiger partial charge in [-0.15, -0.1) is 0 Å². The van der Waals surface area contributed by atoms with Crippen LogP contribution in [0.2, 0.25) is 0 Å². The molecule has 0 radical (unpaired) electrons. The number of methoxy groups -OCH3 is 2. The van der Waals surface area contributed by atoms with Gasteiger partial charge in [-0.3, -0.25) is 9.59 Å². The molecule has 33 heavy (non-hydrogen) atoms. The lowest BCUT2D eigenvalue weighted by Crippen LogP contribution is -2.32. The van der Waals surface area contributed by atoms with Crippen LogP contribution in [-0.4, -0.2) is 73.1 Å². The van der Waals surface area contributed by atoms with Gasteiger partial charge < -0.3 is 29.5 Å². The standard InChI is InChI=1S/C25H30N2O6/c1-15-13-17(8-10-19(15)32-4)23(29)21-22(16-7-9-18(28)20(14-16)33-5)27(25(31)24(21)30)12-6-11-26(2)3/h7-10,13-14,22,28-29H,6,11-12H2,1-5H3/b23-21-. The largest absolute Gasteiger partial charge is 0.507 e. The molecule has 1 fully saturated rings. The Morgan fingerprint density at radius 3 is 2.36 bits per heavy atom. The Labute approximate surface area is 193 Å². The highest BCUT2D eigenvalue weighted by Crippen LogP contribution is 2.42. The highest BCUT2D eigenvalue weighted by atomic mass is 16.5. The maximum atomic E-state index is 13.1. The predicted octanol–water partition coefficient (Wildman–Crippen LogP) is 3.09. The molecule has 1 saturated heterocycles. The average Bonchev–Trinajstić information content (AvgIpc) is 3.03. The van der Waals surface area contributed by atoms with E-state index in [9.17, 15) is 19.8 Å². The summed E-state index contributed by atoms with van der Waals surface area (Å²) in [6, 6.07) is 8.90. The first-order chi connectivity index (χ1) is 15.7. The molecule has 0 spiro atoms. The molecule has 1 aliphatic heterocycles. The van der Waals surface area contributed by atoms with Crippen molar-refractivity contribution in [2.45, 2.75) is 19.4 Å². The first-order valence-corrected chi connectivity index (χ1v) is 10.6. The molecule has 1 atom stereocenters. The third-order valence-corrected chi connectivity index (χ3v) is 5.73. The van der Waals surface area contributed by atoms with E-state index in [1.807, 2.05) is 25.9 Å². The Kier molecular flexibility index (Phi) is 7.28. The molecule has 2 aromatic rings. The monoisotopic (exact) mass is 454 g/mol. The molecule has 0 aliphatic carbocycles. The topological polar surface area (TPSA) is 99.5 Å². The van der Waals surface area contributed by atoms with E-state index in [0.29, 0.717) is 29.8 Å². The molecule has 0 bridgehead atoms. The Morgan fingerprint density at radius 2 is 1.76 bits per heavy atom. The van der Waals surface area contributed by atoms with Gasteiger partial charge in [0.05, 0.1) is 25.8 Å². The van der Waals surface area contributed by atoms with Crippen molar-refractivity contribution < 1.29 is 29.3 Å². The second-order valence-electron chi connectivity index (χ2n) is 8.27. The number of phenols is 1. The van der Waals surface area contributed by atoms with Crippen LogP contribution in [0.25, 0.3) is 5.76 Å². The number of nitrogens with zero attached hydrogens (tertiary/aromatic N) is 2. The Bertz CT molecular complexity index is 1090. The minimum atomic E-state index is -0.816. The summed E-state index contributed by atoms with van der Waals surface area (Å²) < 4.78 is 10.5. The number of aryl methyl sites for hydroxylation is 1. The summed E-state index contributed by atoms with van der Waals surface area (Å²) in [7, 11) is 6.84. The maximum absolute atomic E-state index is 13.1. The van der Waals surface area contributed by atoms with Crippen LogP contribution in [0.3, 0.4) is 0 Å². The fourth-order valence-corrected chi connectivity index (χ4v) is 4.06. The zero-order valence-corrected chi connectivity index (χ0v) is 19.6. The Morgan fingerprint density at radius 1 is 1.06 bits per heavy atom. The fourth-order valence-electron chi connectivity index (χ4n) is 4.06. The van der Waals surface area contributed by atoms with E-state index in [2.05, 4.69) is 0 Å². The highest BCUT2D eigenvalue weighted by Gasteiger charge is 2.46.